The molecule has 0 saturated heterocycles. The van der Waals surface area contributed by atoms with E-state index in [2.05, 4.69) is 4.98 Å². The van der Waals surface area contributed by atoms with Gasteiger partial charge in [-0.2, -0.15) is 0 Å². The van der Waals surface area contributed by atoms with E-state index in [0.717, 1.165) is 22.6 Å². The van der Waals surface area contributed by atoms with Crippen LogP contribution in [0.4, 0.5) is 0 Å². The molecule has 0 amide bonds. The lowest BCUT2D eigenvalue weighted by Gasteiger charge is -2.15. The molecule has 0 saturated carbocycles. The number of pyridine rings is 1. The number of rotatable bonds is 5. The van der Waals surface area contributed by atoms with Crippen molar-refractivity contribution in [3.05, 3.63) is 53.9 Å². The molecular weight excluding hydrogens is 240 g/mol. The Morgan fingerprint density at radius 3 is 2.79 bits per heavy atom. The smallest absolute Gasteiger partial charge is 0.128 e. The highest BCUT2D eigenvalue weighted by Crippen LogP contribution is 2.29. The SMILES string of the molecule is COc1ccc([C@H](C)N)c(OCc2cccnc2)c1. The third-order valence-corrected chi connectivity index (χ3v) is 2.83. The second-order valence-corrected chi connectivity index (χ2v) is 4.34. The maximum Gasteiger partial charge on any atom is 0.128 e. The monoisotopic (exact) mass is 258 g/mol. The molecule has 1 aromatic heterocycles. The van der Waals surface area contributed by atoms with Crippen LogP contribution < -0.4 is 15.2 Å². The van der Waals surface area contributed by atoms with E-state index < -0.39 is 0 Å². The molecule has 0 aliphatic rings. The van der Waals surface area contributed by atoms with Gasteiger partial charge in [0.2, 0.25) is 0 Å². The van der Waals surface area contributed by atoms with Gasteiger partial charge in [-0.1, -0.05) is 12.1 Å². The van der Waals surface area contributed by atoms with Crippen LogP contribution in [0.15, 0.2) is 42.7 Å². The van der Waals surface area contributed by atoms with E-state index in [4.69, 9.17) is 15.2 Å². The van der Waals surface area contributed by atoms with E-state index in [0.29, 0.717) is 6.61 Å². The fraction of sp³-hybridized carbons (Fsp3) is 0.267. The summed E-state index contributed by atoms with van der Waals surface area (Å²) >= 11 is 0. The molecule has 19 heavy (non-hydrogen) atoms. The Labute approximate surface area is 113 Å². The van der Waals surface area contributed by atoms with Gasteiger partial charge in [-0.3, -0.25) is 4.98 Å². The number of benzene rings is 1. The number of nitrogens with zero attached hydrogens (tertiary/aromatic N) is 1. The van der Waals surface area contributed by atoms with Gasteiger partial charge < -0.3 is 15.2 Å². The Morgan fingerprint density at radius 1 is 1.32 bits per heavy atom. The normalized spacial score (nSPS) is 11.9. The molecule has 1 atom stereocenters. The third-order valence-electron chi connectivity index (χ3n) is 2.83. The number of hydrogen-bond acceptors (Lipinski definition) is 4. The fourth-order valence-corrected chi connectivity index (χ4v) is 1.79. The predicted molar refractivity (Wildman–Crippen MR) is 74.2 cm³/mol. The predicted octanol–water partition coefficient (Wildman–Crippen LogP) is 2.69. The summed E-state index contributed by atoms with van der Waals surface area (Å²) < 4.78 is 11.0. The van der Waals surface area contributed by atoms with Crippen molar-refractivity contribution in [3.63, 3.8) is 0 Å². The van der Waals surface area contributed by atoms with Gasteiger partial charge in [0, 0.05) is 35.6 Å². The lowest BCUT2D eigenvalue weighted by molar-refractivity contribution is 0.298. The van der Waals surface area contributed by atoms with Crippen molar-refractivity contribution in [2.24, 2.45) is 5.73 Å². The number of ether oxygens (including phenoxy) is 2. The van der Waals surface area contributed by atoms with Crippen LogP contribution in [0, 0.1) is 0 Å². The molecule has 2 aromatic rings. The molecular formula is C15H18N2O2. The van der Waals surface area contributed by atoms with Crippen LogP contribution in [-0.2, 0) is 6.61 Å². The van der Waals surface area contributed by atoms with E-state index >= 15 is 0 Å². The van der Waals surface area contributed by atoms with Crippen molar-refractivity contribution < 1.29 is 9.47 Å². The topological polar surface area (TPSA) is 57.4 Å². The molecule has 0 bridgehead atoms. The Balaban J connectivity index is 2.18. The van der Waals surface area contributed by atoms with Crippen LogP contribution >= 0.6 is 0 Å². The minimum atomic E-state index is -0.0881. The van der Waals surface area contributed by atoms with Gasteiger partial charge in [-0.15, -0.1) is 0 Å². The highest BCUT2D eigenvalue weighted by Gasteiger charge is 2.10. The van der Waals surface area contributed by atoms with Gasteiger partial charge in [0.05, 0.1) is 7.11 Å². The molecule has 1 heterocycles. The largest absolute Gasteiger partial charge is 0.497 e. The highest BCUT2D eigenvalue weighted by atomic mass is 16.5. The Bertz CT molecular complexity index is 527. The molecule has 0 fully saturated rings. The van der Waals surface area contributed by atoms with Crippen LogP contribution in [0.5, 0.6) is 11.5 Å². The maximum absolute atomic E-state index is 5.94. The Kier molecular flexibility index (Phi) is 4.36. The maximum atomic E-state index is 5.94. The molecule has 2 rings (SSSR count). The summed E-state index contributed by atoms with van der Waals surface area (Å²) in [6.07, 6.45) is 3.52. The Morgan fingerprint density at radius 2 is 2.16 bits per heavy atom. The van der Waals surface area contributed by atoms with Crippen molar-refractivity contribution in [3.8, 4) is 11.5 Å². The molecule has 1 aromatic carbocycles. The van der Waals surface area contributed by atoms with Gasteiger partial charge >= 0.3 is 0 Å². The lowest BCUT2D eigenvalue weighted by atomic mass is 10.1. The van der Waals surface area contributed by atoms with Crippen LogP contribution in [0.3, 0.4) is 0 Å². The minimum absolute atomic E-state index is 0.0881. The summed E-state index contributed by atoms with van der Waals surface area (Å²) in [5.74, 6) is 1.50. The number of hydrogen-bond donors (Lipinski definition) is 1. The quantitative estimate of drug-likeness (QED) is 0.895. The number of methoxy groups -OCH3 is 1. The first-order valence-corrected chi connectivity index (χ1v) is 6.16. The molecule has 2 N–H and O–H groups in total. The summed E-state index contributed by atoms with van der Waals surface area (Å²) in [5, 5.41) is 0. The number of nitrogens with two attached hydrogens (primary N) is 1. The van der Waals surface area contributed by atoms with Crippen molar-refractivity contribution in [2.75, 3.05) is 7.11 Å². The van der Waals surface area contributed by atoms with Crippen LogP contribution in [-0.4, -0.2) is 12.1 Å². The van der Waals surface area contributed by atoms with E-state index in [1.54, 1.807) is 19.5 Å². The second-order valence-electron chi connectivity index (χ2n) is 4.34. The molecule has 0 spiro atoms. The molecule has 100 valence electrons. The van der Waals surface area contributed by atoms with Crippen LogP contribution in [0.1, 0.15) is 24.1 Å². The van der Waals surface area contributed by atoms with E-state index in [-0.39, 0.29) is 6.04 Å². The second kappa shape index (κ2) is 6.20. The highest BCUT2D eigenvalue weighted by molar-refractivity contribution is 5.42. The van der Waals surface area contributed by atoms with E-state index in [9.17, 15) is 0 Å². The van der Waals surface area contributed by atoms with E-state index in [1.807, 2.05) is 37.3 Å². The molecule has 0 aliphatic heterocycles. The van der Waals surface area contributed by atoms with Gasteiger partial charge in [0.25, 0.3) is 0 Å². The summed E-state index contributed by atoms with van der Waals surface area (Å²) in [4.78, 5) is 4.06. The Hall–Kier alpha value is -2.07. The molecule has 4 nitrogen and oxygen atoms in total. The van der Waals surface area contributed by atoms with Gasteiger partial charge in [0.15, 0.2) is 0 Å². The summed E-state index contributed by atoms with van der Waals surface area (Å²) in [6, 6.07) is 9.44. The molecule has 0 radical (unpaired) electrons. The standard InChI is InChI=1S/C15H18N2O2/c1-11(16)14-6-5-13(18-2)8-15(14)19-10-12-4-3-7-17-9-12/h3-9,11H,10,16H2,1-2H3/t11-/m0/s1. The van der Waals surface area contributed by atoms with Crippen LogP contribution in [0.2, 0.25) is 0 Å². The first kappa shape index (κ1) is 13.4. The lowest BCUT2D eigenvalue weighted by Crippen LogP contribution is -2.08. The van der Waals surface area contributed by atoms with Crippen LogP contribution in [0.25, 0.3) is 0 Å². The zero-order valence-corrected chi connectivity index (χ0v) is 11.2. The van der Waals surface area contributed by atoms with Gasteiger partial charge in [-0.05, 0) is 19.1 Å². The van der Waals surface area contributed by atoms with Gasteiger partial charge in [-0.25, -0.2) is 0 Å². The molecule has 0 unspecified atom stereocenters. The average Bonchev–Trinajstić information content (AvgIpc) is 2.45. The third kappa shape index (κ3) is 3.45. The van der Waals surface area contributed by atoms with Gasteiger partial charge in [0.1, 0.15) is 18.1 Å². The van der Waals surface area contributed by atoms with Crippen molar-refractivity contribution >= 4 is 0 Å². The zero-order valence-electron chi connectivity index (χ0n) is 11.2. The van der Waals surface area contributed by atoms with E-state index in [1.165, 1.54) is 0 Å². The fourth-order valence-electron chi connectivity index (χ4n) is 1.79. The average molecular weight is 258 g/mol. The summed E-state index contributed by atoms with van der Waals surface area (Å²) in [7, 11) is 1.63. The zero-order chi connectivity index (χ0) is 13.7. The first-order valence-electron chi connectivity index (χ1n) is 6.16. The summed E-state index contributed by atoms with van der Waals surface area (Å²) in [6.45, 7) is 2.39. The minimum Gasteiger partial charge on any atom is -0.497 e. The van der Waals surface area contributed by atoms with Crippen molar-refractivity contribution in [1.29, 1.82) is 0 Å². The first-order chi connectivity index (χ1) is 9.20. The summed E-state index contributed by atoms with van der Waals surface area (Å²) in [5.41, 5.74) is 7.92. The molecule has 0 aliphatic carbocycles. The number of aromatic nitrogens is 1. The van der Waals surface area contributed by atoms with Crippen molar-refractivity contribution in [1.82, 2.24) is 4.98 Å². The molecule has 4 heteroatoms. The van der Waals surface area contributed by atoms with Crippen molar-refractivity contribution in [2.45, 2.75) is 19.6 Å².